The van der Waals surface area contributed by atoms with Crippen molar-refractivity contribution in [3.8, 4) is 0 Å². The highest BCUT2D eigenvalue weighted by atomic mass is 16.4. The number of amides is 1. The lowest BCUT2D eigenvalue weighted by Gasteiger charge is -2.35. The van der Waals surface area contributed by atoms with E-state index in [-0.39, 0.29) is 17.9 Å². The summed E-state index contributed by atoms with van der Waals surface area (Å²) in [7, 11) is 0. The second-order valence-electron chi connectivity index (χ2n) is 5.85. The van der Waals surface area contributed by atoms with Crippen LogP contribution in [-0.2, 0) is 16.0 Å². The summed E-state index contributed by atoms with van der Waals surface area (Å²) in [5.74, 6) is -0.937. The minimum absolute atomic E-state index is 0.0359. The molecule has 2 N–H and O–H groups in total. The first-order valence-corrected chi connectivity index (χ1v) is 7.51. The molecule has 1 aromatic carbocycles. The molecule has 1 amide bonds. The molecule has 1 atom stereocenters. The molecule has 1 saturated heterocycles. The maximum atomic E-state index is 12.4. The summed E-state index contributed by atoms with van der Waals surface area (Å²) in [4.78, 5) is 25.6. The van der Waals surface area contributed by atoms with Crippen LogP contribution in [0.15, 0.2) is 24.3 Å². The zero-order valence-electron chi connectivity index (χ0n) is 11.9. The van der Waals surface area contributed by atoms with Crippen LogP contribution >= 0.6 is 0 Å². The maximum Gasteiger partial charge on any atom is 0.306 e. The van der Waals surface area contributed by atoms with Crippen LogP contribution < -0.4 is 5.32 Å². The summed E-state index contributed by atoms with van der Waals surface area (Å²) in [6.07, 6.45) is 2.93. The summed E-state index contributed by atoms with van der Waals surface area (Å²) in [6, 6.07) is 7.76. The monoisotopic (exact) mass is 288 g/mol. The number of hydrogen-bond acceptors (Lipinski definition) is 3. The van der Waals surface area contributed by atoms with Crippen LogP contribution in [0.2, 0.25) is 0 Å². The fourth-order valence-electron chi connectivity index (χ4n) is 3.31. The van der Waals surface area contributed by atoms with Crippen molar-refractivity contribution in [1.82, 2.24) is 4.90 Å². The Labute approximate surface area is 123 Å². The number of carboxylic acid groups (broad SMARTS) is 1. The highest BCUT2D eigenvalue weighted by Gasteiger charge is 2.33. The second-order valence-corrected chi connectivity index (χ2v) is 5.85. The topological polar surface area (TPSA) is 69.6 Å². The van der Waals surface area contributed by atoms with E-state index < -0.39 is 5.97 Å². The van der Waals surface area contributed by atoms with E-state index in [1.165, 1.54) is 5.56 Å². The van der Waals surface area contributed by atoms with Gasteiger partial charge in [0.1, 0.15) is 0 Å². The number of piperidine rings is 1. The zero-order chi connectivity index (χ0) is 14.8. The number of rotatable bonds is 2. The van der Waals surface area contributed by atoms with E-state index in [1.54, 1.807) is 0 Å². The number of nitrogens with zero attached hydrogens (tertiary/aromatic N) is 1. The summed E-state index contributed by atoms with van der Waals surface area (Å²) < 4.78 is 0. The maximum absolute atomic E-state index is 12.4. The van der Waals surface area contributed by atoms with Crippen molar-refractivity contribution in [2.75, 3.05) is 18.4 Å². The first-order valence-electron chi connectivity index (χ1n) is 7.51. The van der Waals surface area contributed by atoms with Crippen molar-refractivity contribution in [3.63, 3.8) is 0 Å². The molecule has 2 heterocycles. The zero-order valence-corrected chi connectivity index (χ0v) is 11.9. The number of carboxylic acids is 1. The third-order valence-corrected chi connectivity index (χ3v) is 4.58. The Morgan fingerprint density at radius 3 is 2.62 bits per heavy atom. The average molecular weight is 288 g/mol. The Morgan fingerprint density at radius 1 is 1.19 bits per heavy atom. The van der Waals surface area contributed by atoms with Crippen molar-refractivity contribution in [2.24, 2.45) is 5.92 Å². The number of anilines is 1. The van der Waals surface area contributed by atoms with Gasteiger partial charge < -0.3 is 10.4 Å². The molecule has 112 valence electrons. The minimum atomic E-state index is -0.715. The van der Waals surface area contributed by atoms with Gasteiger partial charge in [-0.05, 0) is 50.4 Å². The Bertz CT molecular complexity index is 550. The molecule has 3 rings (SSSR count). The summed E-state index contributed by atoms with van der Waals surface area (Å²) >= 11 is 0. The van der Waals surface area contributed by atoms with E-state index in [4.69, 9.17) is 5.11 Å². The highest BCUT2D eigenvalue weighted by molar-refractivity contribution is 5.96. The first kappa shape index (κ1) is 14.1. The molecule has 0 spiro atoms. The predicted octanol–water partition coefficient (Wildman–Crippen LogP) is 1.74. The molecular formula is C16H20N2O3. The van der Waals surface area contributed by atoms with Gasteiger partial charge in [-0.2, -0.15) is 0 Å². The van der Waals surface area contributed by atoms with E-state index in [2.05, 4.69) is 16.3 Å². The summed E-state index contributed by atoms with van der Waals surface area (Å²) in [5.41, 5.74) is 2.08. The van der Waals surface area contributed by atoms with E-state index in [1.807, 2.05) is 18.2 Å². The number of carbonyl (C=O) groups excluding carboxylic acids is 1. The van der Waals surface area contributed by atoms with E-state index in [9.17, 15) is 9.59 Å². The normalized spacial score (nSPS) is 24.0. The van der Waals surface area contributed by atoms with Gasteiger partial charge in [0.25, 0.3) is 0 Å². The van der Waals surface area contributed by atoms with Crippen LogP contribution in [0.3, 0.4) is 0 Å². The molecule has 0 bridgehead atoms. The van der Waals surface area contributed by atoms with Gasteiger partial charge in [0, 0.05) is 5.69 Å². The molecule has 0 aromatic heterocycles. The minimum Gasteiger partial charge on any atom is -0.481 e. The van der Waals surface area contributed by atoms with Gasteiger partial charge in [-0.1, -0.05) is 18.2 Å². The molecule has 1 fully saturated rings. The van der Waals surface area contributed by atoms with Gasteiger partial charge in [0.05, 0.1) is 12.0 Å². The Balaban J connectivity index is 1.68. The quantitative estimate of drug-likeness (QED) is 0.869. The number of carbonyl (C=O) groups is 2. The van der Waals surface area contributed by atoms with Gasteiger partial charge in [0.15, 0.2) is 0 Å². The van der Waals surface area contributed by atoms with E-state index in [0.29, 0.717) is 25.9 Å². The molecule has 5 heteroatoms. The number of benzene rings is 1. The van der Waals surface area contributed by atoms with Gasteiger partial charge in [-0.3, -0.25) is 14.5 Å². The van der Waals surface area contributed by atoms with Crippen molar-refractivity contribution < 1.29 is 14.7 Å². The van der Waals surface area contributed by atoms with Crippen LogP contribution in [-0.4, -0.2) is 41.0 Å². The number of fused-ring (bicyclic) bond motifs is 1. The molecule has 2 aliphatic heterocycles. The highest BCUT2D eigenvalue weighted by Crippen LogP contribution is 2.26. The van der Waals surface area contributed by atoms with Gasteiger partial charge in [-0.25, -0.2) is 0 Å². The summed E-state index contributed by atoms with van der Waals surface area (Å²) in [6.45, 7) is 1.37. The lowest BCUT2D eigenvalue weighted by Crippen LogP contribution is -2.48. The average Bonchev–Trinajstić information content (AvgIpc) is 2.65. The number of para-hydroxylation sites is 1. The van der Waals surface area contributed by atoms with Crippen molar-refractivity contribution in [3.05, 3.63) is 29.8 Å². The lowest BCUT2D eigenvalue weighted by molar-refractivity contribution is -0.143. The smallest absolute Gasteiger partial charge is 0.306 e. The molecule has 0 aliphatic carbocycles. The number of nitrogens with one attached hydrogen (secondary N) is 1. The number of likely N-dealkylation sites (tertiary alicyclic amines) is 1. The van der Waals surface area contributed by atoms with Crippen LogP contribution in [0.4, 0.5) is 5.69 Å². The second kappa shape index (κ2) is 5.85. The molecule has 0 saturated carbocycles. The van der Waals surface area contributed by atoms with Gasteiger partial charge >= 0.3 is 5.97 Å². The summed E-state index contributed by atoms with van der Waals surface area (Å²) in [5, 5.41) is 12.1. The molecule has 21 heavy (non-hydrogen) atoms. The molecular weight excluding hydrogens is 268 g/mol. The molecule has 0 radical (unpaired) electrons. The van der Waals surface area contributed by atoms with Crippen molar-refractivity contribution in [2.45, 2.75) is 31.7 Å². The molecule has 5 nitrogen and oxygen atoms in total. The predicted molar refractivity (Wildman–Crippen MR) is 79.1 cm³/mol. The van der Waals surface area contributed by atoms with Crippen molar-refractivity contribution in [1.29, 1.82) is 0 Å². The van der Waals surface area contributed by atoms with Crippen LogP contribution in [0.1, 0.15) is 24.8 Å². The van der Waals surface area contributed by atoms with Gasteiger partial charge in [-0.15, -0.1) is 0 Å². The fraction of sp³-hybridized carbons (Fsp3) is 0.500. The van der Waals surface area contributed by atoms with Crippen LogP contribution in [0.25, 0.3) is 0 Å². The Kier molecular flexibility index (Phi) is 3.92. The standard InChI is InChI=1S/C16H20N2O3/c19-15-14(18-9-7-12(8-10-18)16(20)21)6-5-11-3-1-2-4-13(11)17-15/h1-4,12,14H,5-10H2,(H,17,19)(H,20,21)/t14-/m1/s1. The third kappa shape index (κ3) is 2.93. The SMILES string of the molecule is O=C(O)C1CCN([C@@H]2CCc3ccccc3NC2=O)CC1. The Morgan fingerprint density at radius 2 is 1.90 bits per heavy atom. The van der Waals surface area contributed by atoms with E-state index >= 15 is 0 Å². The number of aryl methyl sites for hydroxylation is 1. The lowest BCUT2D eigenvalue weighted by atomic mass is 9.95. The molecule has 1 aromatic rings. The number of aliphatic carboxylic acids is 1. The third-order valence-electron chi connectivity index (χ3n) is 4.58. The molecule has 2 aliphatic rings. The number of hydrogen-bond donors (Lipinski definition) is 2. The first-order chi connectivity index (χ1) is 10.1. The molecule has 0 unspecified atom stereocenters. The van der Waals surface area contributed by atoms with Crippen LogP contribution in [0, 0.1) is 5.92 Å². The Hall–Kier alpha value is -1.88. The van der Waals surface area contributed by atoms with Gasteiger partial charge in [0.2, 0.25) is 5.91 Å². The fourth-order valence-corrected chi connectivity index (χ4v) is 3.31. The largest absolute Gasteiger partial charge is 0.481 e. The van der Waals surface area contributed by atoms with Crippen LogP contribution in [0.5, 0.6) is 0 Å². The van der Waals surface area contributed by atoms with Crippen molar-refractivity contribution >= 4 is 17.6 Å². The van der Waals surface area contributed by atoms with E-state index in [0.717, 1.165) is 18.5 Å².